The van der Waals surface area contributed by atoms with E-state index < -0.39 is 12.2 Å². The topological polar surface area (TPSA) is 49.7 Å². The molecule has 3 nitrogen and oxygen atoms in total. The lowest BCUT2D eigenvalue weighted by Crippen LogP contribution is -2.24. The van der Waals surface area contributed by atoms with E-state index in [1.807, 2.05) is 12.1 Å². The van der Waals surface area contributed by atoms with E-state index in [9.17, 15) is 10.2 Å². The normalized spacial score (nSPS) is 16.2. The zero-order chi connectivity index (χ0) is 13.9. The van der Waals surface area contributed by atoms with Crippen molar-refractivity contribution in [1.29, 1.82) is 0 Å². The molecule has 0 saturated carbocycles. The molecule has 0 fully saturated rings. The van der Waals surface area contributed by atoms with Crippen LogP contribution in [0.1, 0.15) is 42.9 Å². The summed E-state index contributed by atoms with van der Waals surface area (Å²) in [6, 6.07) is 4.02. The van der Waals surface area contributed by atoms with Crippen molar-refractivity contribution in [3.8, 4) is 5.75 Å². The molecule has 0 aromatic heterocycles. The summed E-state index contributed by atoms with van der Waals surface area (Å²) < 4.78 is 5.24. The summed E-state index contributed by atoms with van der Waals surface area (Å²) in [5.74, 6) is 1.07. The molecule has 0 spiro atoms. The van der Waals surface area contributed by atoms with E-state index in [1.165, 1.54) is 5.56 Å². The van der Waals surface area contributed by atoms with Gasteiger partial charge in [0.1, 0.15) is 5.75 Å². The van der Waals surface area contributed by atoms with Crippen LogP contribution in [0.25, 0.3) is 0 Å². The van der Waals surface area contributed by atoms with E-state index in [-0.39, 0.29) is 5.92 Å². The number of benzene rings is 1. The Morgan fingerprint density at radius 3 is 2.00 bits per heavy atom. The summed E-state index contributed by atoms with van der Waals surface area (Å²) >= 11 is 0. The Morgan fingerprint density at radius 2 is 1.61 bits per heavy atom. The van der Waals surface area contributed by atoms with Crippen molar-refractivity contribution in [1.82, 2.24) is 0 Å². The van der Waals surface area contributed by atoms with Crippen molar-refractivity contribution in [2.45, 2.75) is 52.2 Å². The molecule has 1 aromatic rings. The van der Waals surface area contributed by atoms with Crippen molar-refractivity contribution in [2.75, 3.05) is 7.11 Å². The summed E-state index contributed by atoms with van der Waals surface area (Å²) in [5.41, 5.74) is 3.56. The largest absolute Gasteiger partial charge is 0.497 e. The van der Waals surface area contributed by atoms with E-state index in [0.717, 1.165) is 16.9 Å². The number of methoxy groups -OCH3 is 1. The number of ether oxygens (including phenoxy) is 1. The number of rotatable bonds is 5. The van der Waals surface area contributed by atoms with Gasteiger partial charge in [0.05, 0.1) is 19.3 Å². The van der Waals surface area contributed by atoms with Gasteiger partial charge in [-0.05, 0) is 61.9 Å². The lowest BCUT2D eigenvalue weighted by atomic mass is 9.87. The number of hydrogen-bond donors (Lipinski definition) is 2. The predicted octanol–water partition coefficient (Wildman–Crippen LogP) is 2.55. The van der Waals surface area contributed by atoms with Crippen LogP contribution < -0.4 is 4.74 Å². The number of aliphatic hydroxyl groups is 2. The molecule has 1 rings (SSSR count). The fraction of sp³-hybridized carbons (Fsp3) is 0.600. The lowest BCUT2D eigenvalue weighted by Gasteiger charge is -2.22. The van der Waals surface area contributed by atoms with E-state index >= 15 is 0 Å². The minimum atomic E-state index is -0.689. The fourth-order valence-corrected chi connectivity index (χ4v) is 2.51. The minimum Gasteiger partial charge on any atom is -0.497 e. The highest BCUT2D eigenvalue weighted by Crippen LogP contribution is 2.31. The van der Waals surface area contributed by atoms with Gasteiger partial charge in [0.15, 0.2) is 0 Å². The highest BCUT2D eigenvalue weighted by atomic mass is 16.5. The summed E-state index contributed by atoms with van der Waals surface area (Å²) in [7, 11) is 1.66. The van der Waals surface area contributed by atoms with Gasteiger partial charge in [-0.15, -0.1) is 0 Å². The molecule has 0 heterocycles. The Hall–Kier alpha value is -1.06. The van der Waals surface area contributed by atoms with E-state index in [0.29, 0.717) is 6.42 Å². The van der Waals surface area contributed by atoms with Crippen LogP contribution in [0.2, 0.25) is 0 Å². The highest BCUT2D eigenvalue weighted by molar-refractivity contribution is 5.42. The zero-order valence-corrected chi connectivity index (χ0v) is 11.9. The van der Waals surface area contributed by atoms with Gasteiger partial charge in [0.25, 0.3) is 0 Å². The molecule has 0 aliphatic rings. The number of aryl methyl sites for hydroxylation is 2. The van der Waals surface area contributed by atoms with Crippen LogP contribution in [0.4, 0.5) is 0 Å². The first kappa shape index (κ1) is 15.0. The maximum atomic E-state index is 9.77. The van der Waals surface area contributed by atoms with E-state index in [1.54, 1.807) is 14.0 Å². The molecule has 0 bridgehead atoms. The molecule has 2 N–H and O–H groups in total. The molecule has 0 aliphatic heterocycles. The molecule has 3 atom stereocenters. The van der Waals surface area contributed by atoms with Gasteiger partial charge >= 0.3 is 0 Å². The van der Waals surface area contributed by atoms with Crippen molar-refractivity contribution >= 4 is 0 Å². The predicted molar refractivity (Wildman–Crippen MR) is 73.2 cm³/mol. The van der Waals surface area contributed by atoms with Gasteiger partial charge in [-0.1, -0.05) is 6.92 Å². The van der Waals surface area contributed by atoms with E-state index in [2.05, 4.69) is 20.8 Å². The Balaban J connectivity index is 2.95. The van der Waals surface area contributed by atoms with Gasteiger partial charge in [0, 0.05) is 0 Å². The van der Waals surface area contributed by atoms with Crippen LogP contribution >= 0.6 is 0 Å². The molecule has 102 valence electrons. The quantitative estimate of drug-likeness (QED) is 0.846. The Labute approximate surface area is 109 Å². The smallest absolute Gasteiger partial charge is 0.119 e. The number of aliphatic hydroxyl groups excluding tert-OH is 2. The summed E-state index contributed by atoms with van der Waals surface area (Å²) in [4.78, 5) is 0. The second-order valence-electron chi connectivity index (χ2n) is 5.12. The molecule has 3 heteroatoms. The van der Waals surface area contributed by atoms with Crippen LogP contribution in [0.15, 0.2) is 12.1 Å². The molecule has 0 radical (unpaired) electrons. The second kappa shape index (κ2) is 6.21. The zero-order valence-electron chi connectivity index (χ0n) is 11.9. The van der Waals surface area contributed by atoms with Gasteiger partial charge in [-0.3, -0.25) is 0 Å². The van der Waals surface area contributed by atoms with Crippen LogP contribution in [0.3, 0.4) is 0 Å². The Bertz CT molecular complexity index is 376. The van der Waals surface area contributed by atoms with Crippen molar-refractivity contribution in [2.24, 2.45) is 0 Å². The van der Waals surface area contributed by atoms with Crippen LogP contribution in [0.5, 0.6) is 5.75 Å². The Morgan fingerprint density at radius 1 is 1.11 bits per heavy atom. The average Bonchev–Trinajstić information content (AvgIpc) is 2.27. The van der Waals surface area contributed by atoms with Gasteiger partial charge in [0.2, 0.25) is 0 Å². The summed E-state index contributed by atoms with van der Waals surface area (Å²) in [6.45, 7) is 7.80. The summed E-state index contributed by atoms with van der Waals surface area (Å²) in [5, 5.41) is 19.1. The first-order valence-corrected chi connectivity index (χ1v) is 6.38. The SMILES string of the molecule is COc1cc(C)c(C(C)CC(O)C(C)O)c(C)c1. The van der Waals surface area contributed by atoms with Gasteiger partial charge < -0.3 is 14.9 Å². The monoisotopic (exact) mass is 252 g/mol. The van der Waals surface area contributed by atoms with Gasteiger partial charge in [-0.25, -0.2) is 0 Å². The molecule has 3 unspecified atom stereocenters. The van der Waals surface area contributed by atoms with E-state index in [4.69, 9.17) is 4.74 Å². The molecule has 0 saturated heterocycles. The number of hydrogen-bond acceptors (Lipinski definition) is 3. The third-order valence-electron chi connectivity index (χ3n) is 3.45. The van der Waals surface area contributed by atoms with Crippen molar-refractivity contribution < 1.29 is 14.9 Å². The minimum absolute atomic E-state index is 0.209. The molecular formula is C15H24O3. The molecule has 18 heavy (non-hydrogen) atoms. The molecule has 0 aliphatic carbocycles. The lowest BCUT2D eigenvalue weighted by molar-refractivity contribution is 0.0226. The van der Waals surface area contributed by atoms with Crippen LogP contribution in [-0.4, -0.2) is 29.5 Å². The van der Waals surface area contributed by atoms with Crippen LogP contribution in [-0.2, 0) is 0 Å². The third-order valence-corrected chi connectivity index (χ3v) is 3.45. The maximum absolute atomic E-state index is 9.77. The Kier molecular flexibility index (Phi) is 5.17. The molecule has 1 aromatic carbocycles. The molecular weight excluding hydrogens is 228 g/mol. The van der Waals surface area contributed by atoms with Crippen molar-refractivity contribution in [3.63, 3.8) is 0 Å². The first-order chi connectivity index (χ1) is 8.36. The second-order valence-corrected chi connectivity index (χ2v) is 5.12. The summed E-state index contributed by atoms with van der Waals surface area (Å²) in [6.07, 6.45) is -0.807. The molecule has 0 amide bonds. The highest BCUT2D eigenvalue weighted by Gasteiger charge is 2.19. The maximum Gasteiger partial charge on any atom is 0.119 e. The van der Waals surface area contributed by atoms with Gasteiger partial charge in [-0.2, -0.15) is 0 Å². The van der Waals surface area contributed by atoms with Crippen LogP contribution in [0, 0.1) is 13.8 Å². The third kappa shape index (κ3) is 3.47. The fourth-order valence-electron chi connectivity index (χ4n) is 2.51. The average molecular weight is 252 g/mol. The van der Waals surface area contributed by atoms with Crippen molar-refractivity contribution in [3.05, 3.63) is 28.8 Å². The first-order valence-electron chi connectivity index (χ1n) is 6.38. The standard InChI is InChI=1S/C15H24O3/c1-9-6-13(18-5)7-10(2)15(9)11(3)8-14(17)12(4)16/h6-7,11-12,14,16-17H,8H2,1-5H3.